The fraction of sp³-hybridized carbons (Fsp3) is 0.200. The highest BCUT2D eigenvalue weighted by Crippen LogP contribution is 2.15. The molecular formula is C10H12N6S. The topological polar surface area (TPSA) is 89.6 Å². The van der Waals surface area contributed by atoms with Crippen molar-refractivity contribution in [1.82, 2.24) is 20.2 Å². The molecule has 0 unspecified atom stereocenters. The highest BCUT2D eigenvalue weighted by molar-refractivity contribution is 7.98. The zero-order valence-electron chi connectivity index (χ0n) is 9.29. The Morgan fingerprint density at radius 1 is 1.41 bits per heavy atom. The molecule has 0 aliphatic rings. The van der Waals surface area contributed by atoms with Gasteiger partial charge in [-0.05, 0) is 18.4 Å². The predicted molar refractivity (Wildman–Crippen MR) is 67.6 cm³/mol. The van der Waals surface area contributed by atoms with E-state index < -0.39 is 0 Å². The van der Waals surface area contributed by atoms with Gasteiger partial charge in [0.2, 0.25) is 0 Å². The van der Waals surface area contributed by atoms with Gasteiger partial charge in [0, 0.05) is 12.3 Å². The Morgan fingerprint density at radius 2 is 2.29 bits per heavy atom. The minimum absolute atomic E-state index is 0.450. The molecule has 2 aromatic rings. The molecule has 88 valence electrons. The molecule has 2 heterocycles. The lowest BCUT2D eigenvalue weighted by molar-refractivity contribution is 0.907. The summed E-state index contributed by atoms with van der Waals surface area (Å²) >= 11 is 1.45. The number of nitrogens with one attached hydrogen (secondary N) is 1. The molecule has 0 radical (unpaired) electrons. The fourth-order valence-corrected chi connectivity index (χ4v) is 1.62. The van der Waals surface area contributed by atoms with Gasteiger partial charge in [-0.15, -0.1) is 0 Å². The van der Waals surface area contributed by atoms with Crippen molar-refractivity contribution < 1.29 is 0 Å². The molecular weight excluding hydrogens is 236 g/mol. The van der Waals surface area contributed by atoms with Crippen LogP contribution in [-0.2, 0) is 6.54 Å². The zero-order chi connectivity index (χ0) is 12.1. The Balaban J connectivity index is 2.06. The van der Waals surface area contributed by atoms with Crippen molar-refractivity contribution in [3.8, 4) is 0 Å². The van der Waals surface area contributed by atoms with E-state index in [9.17, 15) is 0 Å². The molecule has 6 nitrogen and oxygen atoms in total. The van der Waals surface area contributed by atoms with Crippen LogP contribution in [-0.4, -0.2) is 26.4 Å². The summed E-state index contributed by atoms with van der Waals surface area (Å²) < 4.78 is 0. The van der Waals surface area contributed by atoms with Gasteiger partial charge in [-0.25, -0.2) is 9.97 Å². The van der Waals surface area contributed by atoms with Crippen molar-refractivity contribution in [2.24, 2.45) is 0 Å². The Labute approximate surface area is 103 Å². The normalized spacial score (nSPS) is 10.2. The largest absolute Gasteiger partial charge is 0.383 e. The lowest BCUT2D eigenvalue weighted by Gasteiger charge is -2.06. The van der Waals surface area contributed by atoms with Crippen molar-refractivity contribution in [3.63, 3.8) is 0 Å². The SMILES string of the molecule is CSc1nc(N)cc(NCc2cccnn2)n1. The maximum absolute atomic E-state index is 5.67. The van der Waals surface area contributed by atoms with Gasteiger partial charge in [0.1, 0.15) is 11.6 Å². The summed E-state index contributed by atoms with van der Waals surface area (Å²) in [6.45, 7) is 0.554. The second-order valence-corrected chi connectivity index (χ2v) is 4.01. The Kier molecular flexibility index (Phi) is 3.71. The summed E-state index contributed by atoms with van der Waals surface area (Å²) in [6.07, 6.45) is 3.54. The average Bonchev–Trinajstić information content (AvgIpc) is 2.37. The standard InChI is InChI=1S/C10H12N6S/c1-17-10-14-8(11)5-9(15-10)12-6-7-3-2-4-13-16-7/h2-5H,6H2,1H3,(H3,11,12,14,15). The first-order chi connectivity index (χ1) is 8.28. The number of nitrogen functional groups attached to an aromatic ring is 1. The second kappa shape index (κ2) is 5.44. The molecule has 0 aromatic carbocycles. The van der Waals surface area contributed by atoms with Gasteiger partial charge < -0.3 is 11.1 Å². The number of nitrogens with zero attached hydrogens (tertiary/aromatic N) is 4. The molecule has 0 aliphatic carbocycles. The quantitative estimate of drug-likeness (QED) is 0.620. The van der Waals surface area contributed by atoms with Gasteiger partial charge in [-0.1, -0.05) is 11.8 Å². The molecule has 0 spiro atoms. The van der Waals surface area contributed by atoms with E-state index in [-0.39, 0.29) is 0 Å². The number of rotatable bonds is 4. The van der Waals surface area contributed by atoms with E-state index in [1.165, 1.54) is 11.8 Å². The van der Waals surface area contributed by atoms with E-state index >= 15 is 0 Å². The van der Waals surface area contributed by atoms with Gasteiger partial charge in [0.15, 0.2) is 5.16 Å². The van der Waals surface area contributed by atoms with Crippen LogP contribution >= 0.6 is 11.8 Å². The first-order valence-corrected chi connectivity index (χ1v) is 6.19. The van der Waals surface area contributed by atoms with Crippen LogP contribution < -0.4 is 11.1 Å². The third kappa shape index (κ3) is 3.28. The van der Waals surface area contributed by atoms with Crippen LogP contribution in [0.4, 0.5) is 11.6 Å². The lowest BCUT2D eigenvalue weighted by atomic mass is 10.4. The lowest BCUT2D eigenvalue weighted by Crippen LogP contribution is -2.06. The van der Waals surface area contributed by atoms with Crippen molar-refractivity contribution in [3.05, 3.63) is 30.1 Å². The van der Waals surface area contributed by atoms with E-state index in [4.69, 9.17) is 5.73 Å². The molecule has 17 heavy (non-hydrogen) atoms. The summed E-state index contributed by atoms with van der Waals surface area (Å²) in [5.41, 5.74) is 6.51. The first-order valence-electron chi connectivity index (χ1n) is 4.97. The van der Waals surface area contributed by atoms with Crippen molar-refractivity contribution in [1.29, 1.82) is 0 Å². The second-order valence-electron chi connectivity index (χ2n) is 3.23. The monoisotopic (exact) mass is 248 g/mol. The van der Waals surface area contributed by atoms with E-state index in [0.717, 1.165) is 5.69 Å². The van der Waals surface area contributed by atoms with E-state index in [1.54, 1.807) is 12.3 Å². The van der Waals surface area contributed by atoms with Gasteiger partial charge in [-0.2, -0.15) is 10.2 Å². The number of aromatic nitrogens is 4. The van der Waals surface area contributed by atoms with Crippen LogP contribution in [0.15, 0.2) is 29.6 Å². The minimum atomic E-state index is 0.450. The number of hydrogen-bond acceptors (Lipinski definition) is 7. The van der Waals surface area contributed by atoms with Crippen LogP contribution in [0.25, 0.3) is 0 Å². The highest BCUT2D eigenvalue weighted by atomic mass is 32.2. The highest BCUT2D eigenvalue weighted by Gasteiger charge is 2.01. The van der Waals surface area contributed by atoms with E-state index in [0.29, 0.717) is 23.3 Å². The third-order valence-corrected chi connectivity index (χ3v) is 2.53. The molecule has 0 saturated heterocycles. The maximum Gasteiger partial charge on any atom is 0.191 e. The third-order valence-electron chi connectivity index (χ3n) is 1.99. The van der Waals surface area contributed by atoms with Crippen molar-refractivity contribution in [2.45, 2.75) is 11.7 Å². The van der Waals surface area contributed by atoms with Gasteiger partial charge in [0.05, 0.1) is 12.2 Å². The van der Waals surface area contributed by atoms with E-state index in [1.807, 2.05) is 18.4 Å². The van der Waals surface area contributed by atoms with Crippen molar-refractivity contribution >= 4 is 23.4 Å². The Bertz CT molecular complexity index is 489. The minimum Gasteiger partial charge on any atom is -0.383 e. The fourth-order valence-electron chi connectivity index (χ4n) is 1.23. The van der Waals surface area contributed by atoms with Crippen LogP contribution in [0.3, 0.4) is 0 Å². The molecule has 0 aliphatic heterocycles. The molecule has 0 bridgehead atoms. The molecule has 0 saturated carbocycles. The molecule has 0 amide bonds. The van der Waals surface area contributed by atoms with Gasteiger partial charge >= 0.3 is 0 Å². The zero-order valence-corrected chi connectivity index (χ0v) is 10.1. The first kappa shape index (κ1) is 11.6. The summed E-state index contributed by atoms with van der Waals surface area (Å²) in [5.74, 6) is 1.14. The summed E-state index contributed by atoms with van der Waals surface area (Å²) in [4.78, 5) is 8.35. The van der Waals surface area contributed by atoms with Gasteiger partial charge in [0.25, 0.3) is 0 Å². The smallest absolute Gasteiger partial charge is 0.191 e. The van der Waals surface area contributed by atoms with Crippen LogP contribution in [0, 0.1) is 0 Å². The predicted octanol–water partition coefficient (Wildman–Crippen LogP) is 1.18. The van der Waals surface area contributed by atoms with E-state index in [2.05, 4.69) is 25.5 Å². The van der Waals surface area contributed by atoms with Crippen molar-refractivity contribution in [2.75, 3.05) is 17.3 Å². The number of hydrogen-bond donors (Lipinski definition) is 2. The molecule has 7 heteroatoms. The summed E-state index contributed by atoms with van der Waals surface area (Å²) in [5, 5.41) is 11.5. The summed E-state index contributed by atoms with van der Waals surface area (Å²) in [7, 11) is 0. The van der Waals surface area contributed by atoms with Gasteiger partial charge in [-0.3, -0.25) is 0 Å². The number of nitrogens with two attached hydrogens (primary N) is 1. The maximum atomic E-state index is 5.67. The molecule has 2 aromatic heterocycles. The van der Waals surface area contributed by atoms with Crippen LogP contribution in [0.5, 0.6) is 0 Å². The molecule has 0 atom stereocenters. The molecule has 3 N–H and O–H groups in total. The van der Waals surface area contributed by atoms with Crippen LogP contribution in [0.2, 0.25) is 0 Å². The summed E-state index contributed by atoms with van der Waals surface area (Å²) in [6, 6.07) is 5.42. The van der Waals surface area contributed by atoms with Crippen LogP contribution in [0.1, 0.15) is 5.69 Å². The number of thioether (sulfide) groups is 1. The molecule has 0 fully saturated rings. The number of anilines is 2. The Morgan fingerprint density at radius 3 is 3.00 bits per heavy atom. The Hall–Kier alpha value is -1.89. The average molecular weight is 248 g/mol. The molecule has 2 rings (SSSR count).